The maximum absolute atomic E-state index is 9.47. The topological polar surface area (TPSA) is 58.7 Å². The third kappa shape index (κ3) is 4.15. The summed E-state index contributed by atoms with van der Waals surface area (Å²) < 4.78 is 5.53. The van der Waals surface area contributed by atoms with Crippen molar-refractivity contribution in [3.63, 3.8) is 0 Å². The highest BCUT2D eigenvalue weighted by atomic mass is 16.5. The normalized spacial score (nSPS) is 36.0. The molecule has 3 atom stereocenters. The van der Waals surface area contributed by atoms with Crippen LogP contribution >= 0.6 is 0 Å². The monoisotopic (exact) mass is 270 g/mol. The van der Waals surface area contributed by atoms with E-state index in [0.29, 0.717) is 11.8 Å². The summed E-state index contributed by atoms with van der Waals surface area (Å²) in [6.07, 6.45) is 6.94. The maximum Gasteiger partial charge on any atom is 0.0613 e. The third-order valence-corrected chi connectivity index (χ3v) is 4.99. The number of hydrogen-bond acceptors (Lipinski definition) is 4. The smallest absolute Gasteiger partial charge is 0.0613 e. The molecule has 0 radical (unpaired) electrons. The molecule has 3 unspecified atom stereocenters. The molecule has 0 aromatic carbocycles. The lowest BCUT2D eigenvalue weighted by Gasteiger charge is -2.32. The molecular weight excluding hydrogens is 240 g/mol. The Kier molecular flexibility index (Phi) is 5.63. The van der Waals surface area contributed by atoms with E-state index in [1.807, 2.05) is 0 Å². The molecule has 1 saturated heterocycles. The molecule has 19 heavy (non-hydrogen) atoms. The van der Waals surface area contributed by atoms with Gasteiger partial charge in [-0.05, 0) is 57.5 Å². The summed E-state index contributed by atoms with van der Waals surface area (Å²) in [7, 11) is 2.20. The standard InChI is InChI=1S/C15H30N2O2/c1-17(10-13-4-3-9-19-11-13)8-6-14-5-2-7-15(14,16)12-18/h13-14,18H,2-12,16H2,1H3. The second kappa shape index (κ2) is 7.02. The molecule has 2 fully saturated rings. The van der Waals surface area contributed by atoms with Crippen LogP contribution in [-0.4, -0.2) is 55.5 Å². The molecule has 2 rings (SSSR count). The van der Waals surface area contributed by atoms with Crippen molar-refractivity contribution in [3.8, 4) is 0 Å². The van der Waals surface area contributed by atoms with Crippen LogP contribution in [0.3, 0.4) is 0 Å². The molecular formula is C15H30N2O2. The van der Waals surface area contributed by atoms with Crippen molar-refractivity contribution in [2.45, 2.75) is 44.1 Å². The molecule has 2 aliphatic rings. The summed E-state index contributed by atoms with van der Waals surface area (Å²) >= 11 is 0. The molecule has 1 saturated carbocycles. The van der Waals surface area contributed by atoms with Crippen molar-refractivity contribution in [2.24, 2.45) is 17.6 Å². The molecule has 112 valence electrons. The van der Waals surface area contributed by atoms with Gasteiger partial charge < -0.3 is 20.5 Å². The van der Waals surface area contributed by atoms with Gasteiger partial charge in [0.2, 0.25) is 0 Å². The van der Waals surface area contributed by atoms with Crippen LogP contribution in [0, 0.1) is 11.8 Å². The summed E-state index contributed by atoms with van der Waals surface area (Å²) in [4.78, 5) is 2.41. The van der Waals surface area contributed by atoms with E-state index >= 15 is 0 Å². The summed E-state index contributed by atoms with van der Waals surface area (Å²) in [5.74, 6) is 1.19. The number of ether oxygens (including phenoxy) is 1. The Morgan fingerprint density at radius 3 is 2.89 bits per heavy atom. The first kappa shape index (κ1) is 15.2. The molecule has 0 bridgehead atoms. The van der Waals surface area contributed by atoms with Crippen molar-refractivity contribution < 1.29 is 9.84 Å². The van der Waals surface area contributed by atoms with Crippen LogP contribution in [0.25, 0.3) is 0 Å². The lowest BCUT2D eigenvalue weighted by Crippen LogP contribution is -2.47. The Hall–Kier alpha value is -0.160. The van der Waals surface area contributed by atoms with Gasteiger partial charge in [0.1, 0.15) is 0 Å². The van der Waals surface area contributed by atoms with Gasteiger partial charge in [-0.3, -0.25) is 0 Å². The van der Waals surface area contributed by atoms with Crippen molar-refractivity contribution in [1.82, 2.24) is 4.90 Å². The molecule has 0 amide bonds. The van der Waals surface area contributed by atoms with E-state index in [4.69, 9.17) is 10.5 Å². The van der Waals surface area contributed by atoms with Gasteiger partial charge in [-0.1, -0.05) is 6.42 Å². The number of aliphatic hydroxyl groups is 1. The third-order valence-electron chi connectivity index (χ3n) is 4.99. The lowest BCUT2D eigenvalue weighted by atomic mass is 9.86. The van der Waals surface area contributed by atoms with Gasteiger partial charge in [0.05, 0.1) is 13.2 Å². The minimum Gasteiger partial charge on any atom is -0.394 e. The first-order valence-electron chi connectivity index (χ1n) is 7.80. The van der Waals surface area contributed by atoms with Gasteiger partial charge in [0, 0.05) is 18.7 Å². The van der Waals surface area contributed by atoms with E-state index < -0.39 is 0 Å². The Bertz CT molecular complexity index is 269. The summed E-state index contributed by atoms with van der Waals surface area (Å²) in [5.41, 5.74) is 5.97. The van der Waals surface area contributed by atoms with Crippen LogP contribution in [-0.2, 0) is 4.74 Å². The lowest BCUT2D eigenvalue weighted by molar-refractivity contribution is 0.0407. The minimum absolute atomic E-state index is 0.137. The first-order chi connectivity index (χ1) is 9.14. The van der Waals surface area contributed by atoms with Crippen LogP contribution < -0.4 is 5.73 Å². The van der Waals surface area contributed by atoms with Crippen molar-refractivity contribution in [3.05, 3.63) is 0 Å². The zero-order chi connectivity index (χ0) is 13.7. The second-order valence-corrected chi connectivity index (χ2v) is 6.61. The summed E-state index contributed by atoms with van der Waals surface area (Å²) in [5, 5.41) is 9.47. The van der Waals surface area contributed by atoms with Gasteiger partial charge in [0.15, 0.2) is 0 Å². The van der Waals surface area contributed by atoms with Crippen LogP contribution in [0.5, 0.6) is 0 Å². The zero-order valence-electron chi connectivity index (χ0n) is 12.3. The van der Waals surface area contributed by atoms with Crippen LogP contribution in [0.1, 0.15) is 38.5 Å². The minimum atomic E-state index is -0.311. The Morgan fingerprint density at radius 1 is 1.37 bits per heavy atom. The van der Waals surface area contributed by atoms with Gasteiger partial charge in [0.25, 0.3) is 0 Å². The molecule has 1 heterocycles. The average Bonchev–Trinajstić information content (AvgIpc) is 2.80. The molecule has 1 aliphatic heterocycles. The average molecular weight is 270 g/mol. The zero-order valence-corrected chi connectivity index (χ0v) is 12.3. The molecule has 0 spiro atoms. The van der Waals surface area contributed by atoms with Crippen LogP contribution in [0.2, 0.25) is 0 Å². The molecule has 4 nitrogen and oxygen atoms in total. The van der Waals surface area contributed by atoms with Gasteiger partial charge in [-0.15, -0.1) is 0 Å². The number of aliphatic hydroxyl groups excluding tert-OH is 1. The fourth-order valence-corrected chi connectivity index (χ4v) is 3.67. The first-order valence-corrected chi connectivity index (χ1v) is 7.80. The van der Waals surface area contributed by atoms with E-state index in [9.17, 15) is 5.11 Å². The van der Waals surface area contributed by atoms with E-state index in [-0.39, 0.29) is 12.1 Å². The predicted octanol–water partition coefficient (Wildman–Crippen LogP) is 1.22. The molecule has 1 aliphatic carbocycles. The molecule has 0 aromatic heterocycles. The highest BCUT2D eigenvalue weighted by Crippen LogP contribution is 2.35. The number of nitrogens with two attached hydrogens (primary N) is 1. The predicted molar refractivity (Wildman–Crippen MR) is 77.0 cm³/mol. The molecule has 3 N–H and O–H groups in total. The largest absolute Gasteiger partial charge is 0.394 e. The van der Waals surface area contributed by atoms with Gasteiger partial charge in [-0.2, -0.15) is 0 Å². The Balaban J connectivity index is 1.69. The highest BCUT2D eigenvalue weighted by Gasteiger charge is 2.38. The van der Waals surface area contributed by atoms with Crippen molar-refractivity contribution in [1.29, 1.82) is 0 Å². The van der Waals surface area contributed by atoms with Crippen LogP contribution in [0.4, 0.5) is 0 Å². The van der Waals surface area contributed by atoms with Crippen LogP contribution in [0.15, 0.2) is 0 Å². The van der Waals surface area contributed by atoms with E-state index in [1.165, 1.54) is 25.7 Å². The molecule has 4 heteroatoms. The van der Waals surface area contributed by atoms with Crippen molar-refractivity contribution in [2.75, 3.05) is 40.0 Å². The quantitative estimate of drug-likeness (QED) is 0.762. The number of hydrogen-bond donors (Lipinski definition) is 2. The second-order valence-electron chi connectivity index (χ2n) is 6.61. The highest BCUT2D eigenvalue weighted by molar-refractivity contribution is 4.96. The Labute approximate surface area is 117 Å². The van der Waals surface area contributed by atoms with E-state index in [1.54, 1.807) is 0 Å². The maximum atomic E-state index is 9.47. The SMILES string of the molecule is CN(CCC1CCCC1(N)CO)CC1CCCOC1. The number of rotatable bonds is 6. The van der Waals surface area contributed by atoms with E-state index in [0.717, 1.165) is 39.1 Å². The molecule has 0 aromatic rings. The fraction of sp³-hybridized carbons (Fsp3) is 1.00. The van der Waals surface area contributed by atoms with Gasteiger partial charge in [-0.25, -0.2) is 0 Å². The summed E-state index contributed by atoms with van der Waals surface area (Å²) in [6, 6.07) is 0. The number of nitrogens with zero attached hydrogens (tertiary/aromatic N) is 1. The fourth-order valence-electron chi connectivity index (χ4n) is 3.67. The summed E-state index contributed by atoms with van der Waals surface area (Å²) in [6.45, 7) is 4.21. The Morgan fingerprint density at radius 2 is 2.21 bits per heavy atom. The van der Waals surface area contributed by atoms with Gasteiger partial charge >= 0.3 is 0 Å². The van der Waals surface area contributed by atoms with E-state index in [2.05, 4.69) is 11.9 Å². The van der Waals surface area contributed by atoms with Crippen molar-refractivity contribution >= 4 is 0 Å².